The van der Waals surface area contributed by atoms with Crippen LogP contribution in [-0.2, 0) is 4.79 Å². The zero-order valence-corrected chi connectivity index (χ0v) is 9.68. The Balaban J connectivity index is 2.26. The molecule has 0 saturated heterocycles. The van der Waals surface area contributed by atoms with E-state index in [0.29, 0.717) is 11.5 Å². The molecule has 3 heteroatoms. The second-order valence-electron chi connectivity index (χ2n) is 3.30. The molecule has 2 rings (SSSR count). The van der Waals surface area contributed by atoms with E-state index >= 15 is 0 Å². The first-order chi connectivity index (χ1) is 6.66. The van der Waals surface area contributed by atoms with E-state index in [1.54, 1.807) is 0 Å². The van der Waals surface area contributed by atoms with E-state index in [9.17, 15) is 4.79 Å². The standard InChI is InChI=1S/C11H8BrClO/c12-8-3-1-7(2-4-8)10-5-9(13)6-11(10)14/h1-4,6,10H,5H2. The van der Waals surface area contributed by atoms with Crippen LogP contribution in [0.5, 0.6) is 0 Å². The van der Waals surface area contributed by atoms with Gasteiger partial charge >= 0.3 is 0 Å². The van der Waals surface area contributed by atoms with Crippen LogP contribution in [0.3, 0.4) is 0 Å². The Morgan fingerprint density at radius 2 is 1.93 bits per heavy atom. The van der Waals surface area contributed by atoms with Crippen molar-refractivity contribution in [3.05, 3.63) is 45.4 Å². The summed E-state index contributed by atoms with van der Waals surface area (Å²) < 4.78 is 1.02. The Hall–Kier alpha value is -0.600. The lowest BCUT2D eigenvalue weighted by Gasteiger charge is -2.07. The predicted molar refractivity (Wildman–Crippen MR) is 60.4 cm³/mol. The predicted octanol–water partition coefficient (Wildman–Crippen LogP) is 3.63. The summed E-state index contributed by atoms with van der Waals surface area (Å²) in [5, 5.41) is 0.655. The molecular formula is C11H8BrClO. The van der Waals surface area contributed by atoms with Crippen LogP contribution in [0.4, 0.5) is 0 Å². The maximum Gasteiger partial charge on any atom is 0.164 e. The average Bonchev–Trinajstić information content (AvgIpc) is 2.47. The van der Waals surface area contributed by atoms with Gasteiger partial charge in [-0.05, 0) is 30.2 Å². The summed E-state index contributed by atoms with van der Waals surface area (Å²) in [4.78, 5) is 11.5. The number of ketones is 1. The number of benzene rings is 1. The largest absolute Gasteiger partial charge is 0.294 e. The lowest BCUT2D eigenvalue weighted by Crippen LogP contribution is -2.03. The van der Waals surface area contributed by atoms with Crippen molar-refractivity contribution in [2.24, 2.45) is 0 Å². The van der Waals surface area contributed by atoms with Gasteiger partial charge in [-0.25, -0.2) is 0 Å². The molecule has 1 nitrogen and oxygen atoms in total. The SMILES string of the molecule is O=C1C=C(Cl)CC1c1ccc(Br)cc1. The van der Waals surface area contributed by atoms with Crippen LogP contribution >= 0.6 is 27.5 Å². The molecule has 1 aliphatic carbocycles. The third-order valence-corrected chi connectivity index (χ3v) is 3.11. The molecular weight excluding hydrogens is 263 g/mol. The Morgan fingerprint density at radius 3 is 2.43 bits per heavy atom. The van der Waals surface area contributed by atoms with Crippen molar-refractivity contribution in [1.29, 1.82) is 0 Å². The topological polar surface area (TPSA) is 17.1 Å². The molecule has 72 valence electrons. The first kappa shape index (κ1) is 9.94. The average molecular weight is 272 g/mol. The Kier molecular flexibility index (Phi) is 2.75. The molecule has 14 heavy (non-hydrogen) atoms. The molecule has 0 aromatic heterocycles. The van der Waals surface area contributed by atoms with Crippen LogP contribution in [0, 0.1) is 0 Å². The number of carbonyl (C=O) groups excluding carboxylic acids is 1. The molecule has 1 aromatic rings. The van der Waals surface area contributed by atoms with Gasteiger partial charge in [0.05, 0.1) is 5.92 Å². The van der Waals surface area contributed by atoms with E-state index in [0.717, 1.165) is 10.0 Å². The van der Waals surface area contributed by atoms with E-state index in [1.165, 1.54) is 6.08 Å². The molecule has 1 unspecified atom stereocenters. The summed E-state index contributed by atoms with van der Waals surface area (Å²) in [6.45, 7) is 0. The van der Waals surface area contributed by atoms with Gasteiger partial charge in [0.2, 0.25) is 0 Å². The van der Waals surface area contributed by atoms with Crippen LogP contribution in [0.2, 0.25) is 0 Å². The lowest BCUT2D eigenvalue weighted by atomic mass is 9.96. The van der Waals surface area contributed by atoms with Crippen LogP contribution in [-0.4, -0.2) is 5.78 Å². The van der Waals surface area contributed by atoms with Crippen molar-refractivity contribution in [3.8, 4) is 0 Å². The first-order valence-corrected chi connectivity index (χ1v) is 5.49. The summed E-state index contributed by atoms with van der Waals surface area (Å²) in [5.74, 6) is 0.0351. The third kappa shape index (κ3) is 1.91. The number of halogens is 2. The van der Waals surface area contributed by atoms with Crippen LogP contribution < -0.4 is 0 Å². The van der Waals surface area contributed by atoms with Crippen molar-refractivity contribution in [3.63, 3.8) is 0 Å². The van der Waals surface area contributed by atoms with E-state index in [1.807, 2.05) is 24.3 Å². The zero-order valence-electron chi connectivity index (χ0n) is 7.34. The number of allylic oxidation sites excluding steroid dienone is 2. The van der Waals surface area contributed by atoms with Gasteiger partial charge in [-0.15, -0.1) is 0 Å². The van der Waals surface area contributed by atoms with Gasteiger partial charge in [0.1, 0.15) is 0 Å². The highest BCUT2D eigenvalue weighted by Gasteiger charge is 2.25. The molecule has 1 aromatic carbocycles. The molecule has 1 aliphatic rings. The summed E-state index contributed by atoms with van der Waals surface area (Å²) >= 11 is 9.17. The number of hydrogen-bond acceptors (Lipinski definition) is 1. The molecule has 0 fully saturated rings. The molecule has 0 heterocycles. The highest BCUT2D eigenvalue weighted by atomic mass is 79.9. The van der Waals surface area contributed by atoms with Crippen LogP contribution in [0.25, 0.3) is 0 Å². The first-order valence-electron chi connectivity index (χ1n) is 4.32. The minimum absolute atomic E-state index is 0.0735. The van der Waals surface area contributed by atoms with Crippen LogP contribution in [0.15, 0.2) is 39.8 Å². The van der Waals surface area contributed by atoms with Gasteiger partial charge in [-0.3, -0.25) is 4.79 Å². The summed E-state index contributed by atoms with van der Waals surface area (Å²) in [7, 11) is 0. The molecule has 0 spiro atoms. The van der Waals surface area contributed by atoms with Crippen molar-refractivity contribution in [2.75, 3.05) is 0 Å². The van der Waals surface area contributed by atoms with E-state index < -0.39 is 0 Å². The smallest absolute Gasteiger partial charge is 0.164 e. The number of carbonyl (C=O) groups is 1. The van der Waals surface area contributed by atoms with Crippen molar-refractivity contribution < 1.29 is 4.79 Å². The van der Waals surface area contributed by atoms with Gasteiger partial charge in [-0.2, -0.15) is 0 Å². The molecule has 0 saturated carbocycles. The summed E-state index contributed by atoms with van der Waals surface area (Å²) in [6.07, 6.45) is 2.16. The maximum atomic E-state index is 11.5. The zero-order chi connectivity index (χ0) is 10.1. The van der Waals surface area contributed by atoms with Crippen molar-refractivity contribution in [2.45, 2.75) is 12.3 Å². The second kappa shape index (κ2) is 3.87. The number of rotatable bonds is 1. The Morgan fingerprint density at radius 1 is 1.29 bits per heavy atom. The minimum Gasteiger partial charge on any atom is -0.294 e. The fourth-order valence-corrected chi connectivity index (χ4v) is 2.11. The van der Waals surface area contributed by atoms with Crippen molar-refractivity contribution >= 4 is 33.3 Å². The van der Waals surface area contributed by atoms with E-state index in [-0.39, 0.29) is 11.7 Å². The second-order valence-corrected chi connectivity index (χ2v) is 4.70. The molecule has 0 amide bonds. The highest BCUT2D eigenvalue weighted by molar-refractivity contribution is 9.10. The third-order valence-electron chi connectivity index (χ3n) is 2.31. The van der Waals surface area contributed by atoms with Gasteiger partial charge in [0, 0.05) is 9.51 Å². The van der Waals surface area contributed by atoms with E-state index in [2.05, 4.69) is 15.9 Å². The van der Waals surface area contributed by atoms with Crippen molar-refractivity contribution in [1.82, 2.24) is 0 Å². The molecule has 0 bridgehead atoms. The fraction of sp³-hybridized carbons (Fsp3) is 0.182. The normalized spacial score (nSPS) is 21.1. The lowest BCUT2D eigenvalue weighted by molar-refractivity contribution is -0.115. The Labute approximate surface area is 95.9 Å². The van der Waals surface area contributed by atoms with Crippen LogP contribution in [0.1, 0.15) is 17.9 Å². The molecule has 0 aliphatic heterocycles. The van der Waals surface area contributed by atoms with Gasteiger partial charge in [0.15, 0.2) is 5.78 Å². The summed E-state index contributed by atoms with van der Waals surface area (Å²) in [5.41, 5.74) is 1.03. The fourth-order valence-electron chi connectivity index (χ4n) is 1.59. The van der Waals surface area contributed by atoms with Gasteiger partial charge < -0.3 is 0 Å². The number of hydrogen-bond donors (Lipinski definition) is 0. The summed E-state index contributed by atoms with van der Waals surface area (Å²) in [6, 6.07) is 7.79. The molecule has 1 atom stereocenters. The maximum absolute atomic E-state index is 11.5. The van der Waals surface area contributed by atoms with Gasteiger partial charge in [0.25, 0.3) is 0 Å². The molecule has 0 N–H and O–H groups in total. The minimum atomic E-state index is -0.0735. The van der Waals surface area contributed by atoms with E-state index in [4.69, 9.17) is 11.6 Å². The van der Waals surface area contributed by atoms with Gasteiger partial charge in [-0.1, -0.05) is 39.7 Å². The quantitative estimate of drug-likeness (QED) is 0.762. The highest BCUT2D eigenvalue weighted by Crippen LogP contribution is 2.33. The monoisotopic (exact) mass is 270 g/mol. The Bertz CT molecular complexity index is 394. The molecule has 0 radical (unpaired) electrons.